The van der Waals surface area contributed by atoms with E-state index >= 15 is 0 Å². The summed E-state index contributed by atoms with van der Waals surface area (Å²) in [5.41, 5.74) is 0.630. The van der Waals surface area contributed by atoms with Gasteiger partial charge in [0, 0.05) is 31.4 Å². The Morgan fingerprint density at radius 3 is 2.71 bits per heavy atom. The summed E-state index contributed by atoms with van der Waals surface area (Å²) in [6.45, 7) is 1.71. The van der Waals surface area contributed by atoms with E-state index in [0.717, 1.165) is 12.1 Å². The van der Waals surface area contributed by atoms with Crippen LogP contribution in [0.3, 0.4) is 0 Å². The van der Waals surface area contributed by atoms with E-state index in [9.17, 15) is 14.7 Å². The van der Waals surface area contributed by atoms with Gasteiger partial charge in [0.25, 0.3) is 5.91 Å². The Hall–Kier alpha value is -2.04. The minimum atomic E-state index is -0.866. The van der Waals surface area contributed by atoms with Crippen LogP contribution >= 0.6 is 0 Å². The van der Waals surface area contributed by atoms with Crippen molar-refractivity contribution in [3.8, 4) is 0 Å². The average Bonchev–Trinajstić information content (AvgIpc) is 2.81. The third kappa shape index (κ3) is 3.01. The Labute approximate surface area is 125 Å². The molecule has 1 aliphatic carbocycles. The summed E-state index contributed by atoms with van der Waals surface area (Å²) < 4.78 is 0. The minimum Gasteiger partial charge on any atom is -0.481 e. The number of nitrogens with zero attached hydrogens (tertiary/aromatic N) is 1. The molecule has 1 aromatic rings. The van der Waals surface area contributed by atoms with Crippen LogP contribution < -0.4 is 10.2 Å². The molecule has 1 saturated carbocycles. The molecule has 0 spiro atoms. The smallest absolute Gasteiger partial charge is 0.311 e. The molecule has 5 nitrogen and oxygen atoms in total. The standard InChI is InChI=1S/C16H22N2O3/c1-16(15(20)21)9-5-8-13(16)17-14(19)11-6-4-7-12(10-11)18(2)3/h4,6-7,10,13H,5,8-9H2,1-3H3,(H,17,19)(H,20,21). The summed E-state index contributed by atoms with van der Waals surface area (Å²) in [6, 6.07) is 6.99. The number of carbonyl (C=O) groups is 2. The molecule has 1 amide bonds. The van der Waals surface area contributed by atoms with Gasteiger partial charge in [-0.3, -0.25) is 9.59 Å². The Bertz CT molecular complexity index is 556. The maximum Gasteiger partial charge on any atom is 0.311 e. The van der Waals surface area contributed by atoms with Gasteiger partial charge in [-0.25, -0.2) is 0 Å². The third-order valence-corrected chi connectivity index (χ3v) is 4.38. The van der Waals surface area contributed by atoms with Gasteiger partial charge in [-0.05, 0) is 38.0 Å². The van der Waals surface area contributed by atoms with E-state index < -0.39 is 11.4 Å². The van der Waals surface area contributed by atoms with Gasteiger partial charge in [-0.15, -0.1) is 0 Å². The van der Waals surface area contributed by atoms with Crippen LogP contribution in [-0.2, 0) is 4.79 Å². The number of benzene rings is 1. The number of nitrogens with one attached hydrogen (secondary N) is 1. The molecule has 2 rings (SSSR count). The van der Waals surface area contributed by atoms with Gasteiger partial charge >= 0.3 is 5.97 Å². The molecule has 2 N–H and O–H groups in total. The van der Waals surface area contributed by atoms with E-state index in [0.29, 0.717) is 18.4 Å². The van der Waals surface area contributed by atoms with Gasteiger partial charge in [0.2, 0.25) is 0 Å². The molecule has 0 aromatic heterocycles. The van der Waals surface area contributed by atoms with Crippen LogP contribution in [-0.4, -0.2) is 37.1 Å². The average molecular weight is 290 g/mol. The van der Waals surface area contributed by atoms with Crippen molar-refractivity contribution in [3.63, 3.8) is 0 Å². The molecule has 0 heterocycles. The lowest BCUT2D eigenvalue weighted by atomic mass is 9.85. The summed E-state index contributed by atoms with van der Waals surface area (Å²) in [5.74, 6) is -1.05. The lowest BCUT2D eigenvalue weighted by molar-refractivity contribution is -0.148. The van der Waals surface area contributed by atoms with Crippen LogP contribution in [0.25, 0.3) is 0 Å². The lowest BCUT2D eigenvalue weighted by Crippen LogP contribution is -2.47. The van der Waals surface area contributed by atoms with Crippen molar-refractivity contribution in [2.24, 2.45) is 5.41 Å². The maximum absolute atomic E-state index is 12.4. The molecular formula is C16H22N2O3. The Morgan fingerprint density at radius 2 is 2.10 bits per heavy atom. The molecule has 21 heavy (non-hydrogen) atoms. The fourth-order valence-electron chi connectivity index (χ4n) is 2.82. The van der Waals surface area contributed by atoms with Crippen LogP contribution in [0, 0.1) is 5.41 Å². The molecule has 114 valence electrons. The normalized spacial score (nSPS) is 24.6. The number of hydrogen-bond donors (Lipinski definition) is 2. The quantitative estimate of drug-likeness (QED) is 0.891. The largest absolute Gasteiger partial charge is 0.481 e. The first-order valence-corrected chi connectivity index (χ1v) is 7.16. The van der Waals surface area contributed by atoms with Crippen molar-refractivity contribution in [1.82, 2.24) is 5.32 Å². The third-order valence-electron chi connectivity index (χ3n) is 4.38. The molecule has 5 heteroatoms. The summed E-state index contributed by atoms with van der Waals surface area (Å²) in [4.78, 5) is 25.7. The number of amides is 1. The molecule has 2 atom stereocenters. The number of carbonyl (C=O) groups excluding carboxylic acids is 1. The van der Waals surface area contributed by atoms with Gasteiger partial charge < -0.3 is 15.3 Å². The zero-order valence-electron chi connectivity index (χ0n) is 12.7. The topological polar surface area (TPSA) is 69.6 Å². The maximum atomic E-state index is 12.4. The molecule has 1 aliphatic rings. The second kappa shape index (κ2) is 5.76. The van der Waals surface area contributed by atoms with E-state index in [1.54, 1.807) is 13.0 Å². The van der Waals surface area contributed by atoms with Crippen LogP contribution in [0.2, 0.25) is 0 Å². The summed E-state index contributed by atoms with van der Waals surface area (Å²) >= 11 is 0. The number of rotatable bonds is 4. The van der Waals surface area contributed by atoms with Crippen molar-refractivity contribution >= 4 is 17.6 Å². The molecule has 0 aliphatic heterocycles. The Balaban J connectivity index is 2.15. The van der Waals surface area contributed by atoms with E-state index in [1.165, 1.54) is 0 Å². The highest BCUT2D eigenvalue weighted by Crippen LogP contribution is 2.38. The first-order valence-electron chi connectivity index (χ1n) is 7.16. The zero-order chi connectivity index (χ0) is 15.6. The SMILES string of the molecule is CN(C)c1cccc(C(=O)NC2CCCC2(C)C(=O)O)c1. The van der Waals surface area contributed by atoms with Crippen LogP contribution in [0.15, 0.2) is 24.3 Å². The van der Waals surface area contributed by atoms with Crippen LogP contribution in [0.1, 0.15) is 36.5 Å². The first kappa shape index (κ1) is 15.4. The number of carboxylic acids is 1. The highest BCUT2D eigenvalue weighted by molar-refractivity contribution is 5.95. The summed E-state index contributed by atoms with van der Waals surface area (Å²) in [6.07, 6.45) is 2.14. The second-order valence-corrected chi connectivity index (χ2v) is 6.09. The van der Waals surface area contributed by atoms with Gasteiger partial charge in [0.15, 0.2) is 0 Å². The summed E-state index contributed by atoms with van der Waals surface area (Å²) in [7, 11) is 3.82. The Morgan fingerprint density at radius 1 is 1.38 bits per heavy atom. The molecule has 2 unspecified atom stereocenters. The van der Waals surface area contributed by atoms with Crippen molar-refractivity contribution in [2.45, 2.75) is 32.2 Å². The van der Waals surface area contributed by atoms with Gasteiger partial charge in [-0.1, -0.05) is 12.5 Å². The van der Waals surface area contributed by atoms with Gasteiger partial charge in [0.1, 0.15) is 0 Å². The van der Waals surface area contributed by atoms with E-state index in [2.05, 4.69) is 5.32 Å². The number of aliphatic carboxylic acids is 1. The van der Waals surface area contributed by atoms with Crippen molar-refractivity contribution < 1.29 is 14.7 Å². The molecule has 0 bridgehead atoms. The minimum absolute atomic E-state index is 0.210. The number of hydrogen-bond acceptors (Lipinski definition) is 3. The van der Waals surface area contributed by atoms with E-state index in [4.69, 9.17) is 0 Å². The zero-order valence-corrected chi connectivity index (χ0v) is 12.7. The lowest BCUT2D eigenvalue weighted by Gasteiger charge is -2.27. The molecule has 1 aromatic carbocycles. The van der Waals surface area contributed by atoms with Gasteiger partial charge in [0.05, 0.1) is 5.41 Å². The predicted octanol–water partition coefficient (Wildman–Crippen LogP) is 2.13. The van der Waals surface area contributed by atoms with Crippen molar-refractivity contribution in [3.05, 3.63) is 29.8 Å². The highest BCUT2D eigenvalue weighted by atomic mass is 16.4. The molecule has 1 fully saturated rings. The Kier molecular flexibility index (Phi) is 4.21. The number of anilines is 1. The first-order chi connectivity index (χ1) is 9.84. The monoisotopic (exact) mass is 290 g/mol. The van der Waals surface area contributed by atoms with Crippen LogP contribution in [0.4, 0.5) is 5.69 Å². The van der Waals surface area contributed by atoms with Crippen LogP contribution in [0.5, 0.6) is 0 Å². The highest BCUT2D eigenvalue weighted by Gasteiger charge is 2.45. The number of carboxylic acid groups (broad SMARTS) is 1. The molecule has 0 saturated heterocycles. The summed E-state index contributed by atoms with van der Waals surface area (Å²) in [5, 5.41) is 12.3. The van der Waals surface area contributed by atoms with Crippen molar-refractivity contribution in [1.29, 1.82) is 0 Å². The second-order valence-electron chi connectivity index (χ2n) is 6.09. The molecular weight excluding hydrogens is 268 g/mol. The fourth-order valence-corrected chi connectivity index (χ4v) is 2.82. The van der Waals surface area contributed by atoms with Crippen molar-refractivity contribution in [2.75, 3.05) is 19.0 Å². The van der Waals surface area contributed by atoms with E-state index in [1.807, 2.05) is 37.2 Å². The van der Waals surface area contributed by atoms with E-state index in [-0.39, 0.29) is 11.9 Å². The fraction of sp³-hybridized carbons (Fsp3) is 0.500. The predicted molar refractivity (Wildman–Crippen MR) is 81.6 cm³/mol. The molecule has 0 radical (unpaired) electrons. The van der Waals surface area contributed by atoms with Gasteiger partial charge in [-0.2, -0.15) is 0 Å².